The molecule has 0 spiro atoms. The summed E-state index contributed by atoms with van der Waals surface area (Å²) in [6.45, 7) is 4.94. The predicted octanol–water partition coefficient (Wildman–Crippen LogP) is 5.26. The third-order valence-electron chi connectivity index (χ3n) is 3.91. The molecule has 122 valence electrons. The maximum Gasteiger partial charge on any atom is 0.0491 e. The van der Waals surface area contributed by atoms with Gasteiger partial charge in [-0.15, -0.1) is 12.4 Å². The summed E-state index contributed by atoms with van der Waals surface area (Å²) in [7, 11) is 0. The number of rotatable bonds is 6. The Morgan fingerprint density at radius 2 is 1.74 bits per heavy atom. The molecule has 3 rings (SSSR count). The van der Waals surface area contributed by atoms with Gasteiger partial charge >= 0.3 is 0 Å². The predicted molar refractivity (Wildman–Crippen MR) is 102 cm³/mol. The maximum atomic E-state index is 6.31. The van der Waals surface area contributed by atoms with E-state index in [1.54, 1.807) is 0 Å². The summed E-state index contributed by atoms with van der Waals surface area (Å²) in [5.41, 5.74) is 3.75. The minimum Gasteiger partial charge on any atom is -0.343 e. The number of aromatic nitrogens is 1. The summed E-state index contributed by atoms with van der Waals surface area (Å²) in [5.74, 6) is 0. The van der Waals surface area contributed by atoms with Crippen LogP contribution in [-0.2, 0) is 13.1 Å². The molecule has 1 aromatic heterocycles. The second-order valence-corrected chi connectivity index (χ2v) is 5.97. The van der Waals surface area contributed by atoms with E-state index in [0.717, 1.165) is 36.6 Å². The Morgan fingerprint density at radius 3 is 2.52 bits per heavy atom. The molecule has 3 aromatic rings. The molecule has 2 nitrogen and oxygen atoms in total. The largest absolute Gasteiger partial charge is 0.343 e. The van der Waals surface area contributed by atoms with E-state index in [4.69, 9.17) is 11.6 Å². The lowest BCUT2D eigenvalue weighted by atomic mass is 10.2. The van der Waals surface area contributed by atoms with Crippen molar-refractivity contribution in [1.82, 2.24) is 9.88 Å². The summed E-state index contributed by atoms with van der Waals surface area (Å²) in [6, 6.07) is 16.6. The number of nitrogens with zero attached hydrogens (tertiary/aromatic N) is 1. The molecule has 0 aliphatic carbocycles. The number of fused-ring (bicyclic) bond motifs is 1. The van der Waals surface area contributed by atoms with Gasteiger partial charge in [0.05, 0.1) is 0 Å². The molecule has 4 heteroatoms. The van der Waals surface area contributed by atoms with Crippen molar-refractivity contribution in [3.8, 4) is 0 Å². The summed E-state index contributed by atoms with van der Waals surface area (Å²) >= 11 is 6.31. The molecular weight excluding hydrogens is 327 g/mol. The van der Waals surface area contributed by atoms with E-state index in [0.29, 0.717) is 0 Å². The van der Waals surface area contributed by atoms with Crippen molar-refractivity contribution in [3.63, 3.8) is 0 Å². The lowest BCUT2D eigenvalue weighted by Crippen LogP contribution is -2.13. The summed E-state index contributed by atoms with van der Waals surface area (Å²) in [4.78, 5) is 0. The van der Waals surface area contributed by atoms with Gasteiger partial charge in [0.1, 0.15) is 0 Å². The van der Waals surface area contributed by atoms with Crippen LogP contribution in [-0.4, -0.2) is 11.1 Å². The van der Waals surface area contributed by atoms with Crippen LogP contribution in [0.2, 0.25) is 5.02 Å². The van der Waals surface area contributed by atoms with Gasteiger partial charge in [-0.1, -0.05) is 54.9 Å². The van der Waals surface area contributed by atoms with Gasteiger partial charge in [0.2, 0.25) is 0 Å². The van der Waals surface area contributed by atoms with Crippen molar-refractivity contribution < 1.29 is 0 Å². The summed E-state index contributed by atoms with van der Waals surface area (Å²) in [6.07, 6.45) is 3.40. The highest BCUT2D eigenvalue weighted by Crippen LogP contribution is 2.24. The van der Waals surface area contributed by atoms with Crippen LogP contribution in [0.1, 0.15) is 24.5 Å². The van der Waals surface area contributed by atoms with Crippen LogP contribution in [0.3, 0.4) is 0 Å². The molecule has 0 unspecified atom stereocenters. The molecule has 0 saturated carbocycles. The minimum atomic E-state index is 0. The highest BCUT2D eigenvalue weighted by atomic mass is 35.5. The van der Waals surface area contributed by atoms with E-state index in [1.165, 1.54) is 16.5 Å². The van der Waals surface area contributed by atoms with Gasteiger partial charge < -0.3 is 9.88 Å². The van der Waals surface area contributed by atoms with Crippen LogP contribution in [0.25, 0.3) is 10.9 Å². The molecule has 0 bridgehead atoms. The Morgan fingerprint density at radius 1 is 1.00 bits per heavy atom. The SMILES string of the molecule is CCCNCc1cn(Cc2ccccc2Cl)c2ccccc12.Cl. The lowest BCUT2D eigenvalue weighted by Gasteiger charge is -2.07. The van der Waals surface area contributed by atoms with Gasteiger partial charge in [-0.05, 0) is 36.2 Å². The average molecular weight is 349 g/mol. The molecule has 0 aliphatic heterocycles. The van der Waals surface area contributed by atoms with Crippen LogP contribution in [0.5, 0.6) is 0 Å². The lowest BCUT2D eigenvalue weighted by molar-refractivity contribution is 0.675. The normalized spacial score (nSPS) is 10.7. The quantitative estimate of drug-likeness (QED) is 0.600. The second-order valence-electron chi connectivity index (χ2n) is 5.57. The molecule has 1 heterocycles. The first kappa shape index (κ1) is 17.9. The molecule has 0 amide bonds. The second kappa shape index (κ2) is 8.39. The van der Waals surface area contributed by atoms with Crippen LogP contribution < -0.4 is 5.32 Å². The Hall–Kier alpha value is -1.48. The topological polar surface area (TPSA) is 17.0 Å². The monoisotopic (exact) mass is 348 g/mol. The van der Waals surface area contributed by atoms with Gasteiger partial charge in [0.15, 0.2) is 0 Å². The molecule has 0 radical (unpaired) electrons. The number of halogens is 2. The first-order valence-corrected chi connectivity index (χ1v) is 8.18. The first-order chi connectivity index (χ1) is 10.8. The van der Waals surface area contributed by atoms with Gasteiger partial charge in [0, 0.05) is 35.2 Å². The maximum absolute atomic E-state index is 6.31. The van der Waals surface area contributed by atoms with E-state index in [9.17, 15) is 0 Å². The summed E-state index contributed by atoms with van der Waals surface area (Å²) < 4.78 is 2.29. The number of benzene rings is 2. The zero-order valence-electron chi connectivity index (χ0n) is 13.3. The third-order valence-corrected chi connectivity index (χ3v) is 4.28. The van der Waals surface area contributed by atoms with Crippen molar-refractivity contribution >= 4 is 34.9 Å². The Kier molecular flexibility index (Phi) is 6.52. The van der Waals surface area contributed by atoms with Crippen LogP contribution >= 0.6 is 24.0 Å². The molecular formula is C19H22Cl2N2. The third kappa shape index (κ3) is 4.08. The summed E-state index contributed by atoms with van der Waals surface area (Å²) in [5, 5.41) is 5.64. The zero-order valence-corrected chi connectivity index (χ0v) is 14.8. The molecule has 1 N–H and O–H groups in total. The molecule has 0 saturated heterocycles. The fourth-order valence-corrected chi connectivity index (χ4v) is 3.00. The standard InChI is InChI=1S/C19H21ClN2.ClH/c1-2-11-21-12-16-14-22(19-10-6-4-8-17(16)19)13-15-7-3-5-9-18(15)20;/h3-10,14,21H,2,11-13H2,1H3;1H. The zero-order chi connectivity index (χ0) is 15.4. The average Bonchev–Trinajstić information content (AvgIpc) is 2.88. The molecule has 0 aliphatic rings. The van der Waals surface area contributed by atoms with E-state index < -0.39 is 0 Å². The van der Waals surface area contributed by atoms with Gasteiger partial charge in [-0.3, -0.25) is 0 Å². The van der Waals surface area contributed by atoms with Crippen LogP contribution in [0.4, 0.5) is 0 Å². The Bertz CT molecular complexity index is 765. The van der Waals surface area contributed by atoms with Crippen molar-refractivity contribution in [2.45, 2.75) is 26.4 Å². The van der Waals surface area contributed by atoms with E-state index in [2.05, 4.69) is 53.3 Å². The van der Waals surface area contributed by atoms with E-state index >= 15 is 0 Å². The van der Waals surface area contributed by atoms with Crippen molar-refractivity contribution in [3.05, 3.63) is 70.9 Å². The minimum absolute atomic E-state index is 0. The van der Waals surface area contributed by atoms with E-state index in [1.807, 2.05) is 18.2 Å². The van der Waals surface area contributed by atoms with Crippen LogP contribution in [0, 0.1) is 0 Å². The molecule has 2 aromatic carbocycles. The fraction of sp³-hybridized carbons (Fsp3) is 0.263. The van der Waals surface area contributed by atoms with Crippen molar-refractivity contribution in [1.29, 1.82) is 0 Å². The molecule has 0 fully saturated rings. The highest BCUT2D eigenvalue weighted by molar-refractivity contribution is 6.31. The first-order valence-electron chi connectivity index (χ1n) is 7.80. The molecule has 23 heavy (non-hydrogen) atoms. The Labute approximate surface area is 148 Å². The highest BCUT2D eigenvalue weighted by Gasteiger charge is 2.09. The van der Waals surface area contributed by atoms with Crippen molar-refractivity contribution in [2.75, 3.05) is 6.54 Å². The molecule has 0 atom stereocenters. The number of hydrogen-bond donors (Lipinski definition) is 1. The van der Waals surface area contributed by atoms with Gasteiger partial charge in [-0.2, -0.15) is 0 Å². The van der Waals surface area contributed by atoms with Crippen LogP contribution in [0.15, 0.2) is 54.7 Å². The number of nitrogens with one attached hydrogen (secondary N) is 1. The number of hydrogen-bond acceptors (Lipinski definition) is 1. The van der Waals surface area contributed by atoms with Crippen molar-refractivity contribution in [2.24, 2.45) is 0 Å². The fourth-order valence-electron chi connectivity index (χ4n) is 2.80. The Balaban J connectivity index is 0.00000192. The smallest absolute Gasteiger partial charge is 0.0491 e. The van der Waals surface area contributed by atoms with E-state index in [-0.39, 0.29) is 12.4 Å². The van der Waals surface area contributed by atoms with Gasteiger partial charge in [0.25, 0.3) is 0 Å². The van der Waals surface area contributed by atoms with Gasteiger partial charge in [-0.25, -0.2) is 0 Å². The number of para-hydroxylation sites is 1.